The van der Waals surface area contributed by atoms with Crippen molar-refractivity contribution in [3.63, 3.8) is 0 Å². The van der Waals surface area contributed by atoms with Crippen LogP contribution in [0.2, 0.25) is 0 Å². The van der Waals surface area contributed by atoms with Gasteiger partial charge in [-0.1, -0.05) is 12.1 Å². The summed E-state index contributed by atoms with van der Waals surface area (Å²) in [4.78, 5) is 54.5. The number of hydrogen-bond acceptors (Lipinski definition) is 8. The molecule has 0 aliphatic carbocycles. The largest absolute Gasteiger partial charge is 0.508 e. The second-order valence-electron chi connectivity index (χ2n) is 9.16. The Labute approximate surface area is 220 Å². The summed E-state index contributed by atoms with van der Waals surface area (Å²) >= 11 is 0. The van der Waals surface area contributed by atoms with E-state index >= 15 is 0 Å². The van der Waals surface area contributed by atoms with Crippen LogP contribution in [-0.4, -0.2) is 88.3 Å². The quantitative estimate of drug-likeness (QED) is 0.0698. The Hall–Kier alpha value is -3.91. The molecule has 0 aromatic heterocycles. The lowest BCUT2D eigenvalue weighted by Crippen LogP contribution is -2.58. The van der Waals surface area contributed by atoms with E-state index in [1.165, 1.54) is 19.1 Å². The number of aliphatic hydroxyl groups excluding tert-OH is 1. The molecule has 14 nitrogen and oxygen atoms in total. The van der Waals surface area contributed by atoms with Crippen molar-refractivity contribution < 1.29 is 34.5 Å². The Kier molecular flexibility index (Phi) is 11.8. The molecule has 5 unspecified atom stereocenters. The number of phenolic OH excluding ortho intramolecular Hbond substituents is 1. The molecule has 1 aliphatic rings. The summed E-state index contributed by atoms with van der Waals surface area (Å²) in [6.07, 6.45) is 0.510. The van der Waals surface area contributed by atoms with Crippen LogP contribution in [0.4, 0.5) is 0 Å². The normalized spacial score (nSPS) is 17.9. The van der Waals surface area contributed by atoms with Gasteiger partial charge >= 0.3 is 5.97 Å². The van der Waals surface area contributed by atoms with Gasteiger partial charge in [-0.2, -0.15) is 0 Å². The maximum atomic E-state index is 13.3. The van der Waals surface area contributed by atoms with E-state index in [1.54, 1.807) is 12.1 Å². The number of aliphatic imine (C=N–C) groups is 1. The van der Waals surface area contributed by atoms with Crippen LogP contribution in [0.1, 0.15) is 38.2 Å². The summed E-state index contributed by atoms with van der Waals surface area (Å²) in [5, 5.41) is 39.3. The first-order chi connectivity index (χ1) is 18.0. The number of benzene rings is 1. The van der Waals surface area contributed by atoms with E-state index in [-0.39, 0.29) is 37.0 Å². The Bertz CT molecular complexity index is 990. The van der Waals surface area contributed by atoms with E-state index in [4.69, 9.17) is 11.5 Å². The molecule has 11 N–H and O–H groups in total. The number of aromatic hydroxyl groups is 1. The van der Waals surface area contributed by atoms with Gasteiger partial charge in [-0.3, -0.25) is 19.4 Å². The van der Waals surface area contributed by atoms with Crippen molar-refractivity contribution in [3.05, 3.63) is 29.8 Å². The number of aliphatic hydroxyl groups is 1. The van der Waals surface area contributed by atoms with Crippen molar-refractivity contribution in [2.45, 2.75) is 69.3 Å². The molecule has 5 atom stereocenters. The number of nitrogens with one attached hydrogen (secondary N) is 4. The minimum atomic E-state index is -1.61. The van der Waals surface area contributed by atoms with Crippen molar-refractivity contribution in [2.24, 2.45) is 16.5 Å². The second kappa shape index (κ2) is 14.7. The first kappa shape index (κ1) is 30.3. The highest BCUT2D eigenvalue weighted by molar-refractivity contribution is 5.94. The van der Waals surface area contributed by atoms with Gasteiger partial charge in [0, 0.05) is 13.0 Å². The van der Waals surface area contributed by atoms with Crippen LogP contribution in [0.3, 0.4) is 0 Å². The Morgan fingerprint density at radius 2 is 1.74 bits per heavy atom. The third kappa shape index (κ3) is 9.86. The molecule has 210 valence electrons. The lowest BCUT2D eigenvalue weighted by Gasteiger charge is -2.26. The molecule has 2 rings (SSSR count). The highest BCUT2D eigenvalue weighted by Crippen LogP contribution is 2.13. The van der Waals surface area contributed by atoms with Crippen LogP contribution < -0.4 is 32.7 Å². The molecule has 1 aromatic carbocycles. The summed E-state index contributed by atoms with van der Waals surface area (Å²) < 4.78 is 0. The van der Waals surface area contributed by atoms with Crippen LogP contribution in [0.15, 0.2) is 29.3 Å². The Morgan fingerprint density at radius 1 is 1.08 bits per heavy atom. The van der Waals surface area contributed by atoms with Gasteiger partial charge in [0.1, 0.15) is 17.8 Å². The topological polar surface area (TPSA) is 241 Å². The SMILES string of the molecule is CC(O)C(NC(=O)C(Cc1ccc(O)cc1)NC(=O)C(CCCN=C(N)N)NC(=O)C1CCCN1)C(=O)O. The van der Waals surface area contributed by atoms with E-state index in [0.29, 0.717) is 24.9 Å². The van der Waals surface area contributed by atoms with Gasteiger partial charge in [-0.15, -0.1) is 0 Å². The molecule has 1 aromatic rings. The van der Waals surface area contributed by atoms with E-state index in [0.717, 1.165) is 6.42 Å². The fourth-order valence-corrected chi connectivity index (χ4v) is 3.94. The van der Waals surface area contributed by atoms with Gasteiger partial charge in [-0.25, -0.2) is 4.79 Å². The van der Waals surface area contributed by atoms with Gasteiger partial charge in [0.05, 0.1) is 12.1 Å². The molecule has 0 saturated carbocycles. The number of aliphatic carboxylic acids is 1. The minimum absolute atomic E-state index is 0.00269. The molecular formula is C24H37N7O7. The number of nitrogens with zero attached hydrogens (tertiary/aromatic N) is 1. The van der Waals surface area contributed by atoms with Gasteiger partial charge in [0.15, 0.2) is 12.0 Å². The summed E-state index contributed by atoms with van der Waals surface area (Å²) in [5.74, 6) is -3.42. The first-order valence-corrected chi connectivity index (χ1v) is 12.4. The van der Waals surface area contributed by atoms with Gasteiger partial charge < -0.3 is 48.1 Å². The third-order valence-electron chi connectivity index (χ3n) is 6.01. The lowest BCUT2D eigenvalue weighted by atomic mass is 10.0. The van der Waals surface area contributed by atoms with Crippen molar-refractivity contribution in [2.75, 3.05) is 13.1 Å². The van der Waals surface area contributed by atoms with Crippen LogP contribution in [0.25, 0.3) is 0 Å². The van der Waals surface area contributed by atoms with E-state index < -0.39 is 48.1 Å². The molecule has 1 heterocycles. The maximum absolute atomic E-state index is 13.3. The standard InChI is InChI=1S/C24H37N7O7/c1-13(32)19(23(37)38)31-22(36)18(12-14-6-8-15(33)9-7-14)30-21(35)17(5-3-11-28-24(25)26)29-20(34)16-4-2-10-27-16/h6-9,13,16-19,27,32-33H,2-5,10-12H2,1H3,(H,29,34)(H,30,35)(H,31,36)(H,37,38)(H4,25,26,28). The van der Waals surface area contributed by atoms with Gasteiger partial charge in [0.25, 0.3) is 0 Å². The zero-order valence-electron chi connectivity index (χ0n) is 21.2. The number of nitrogens with two attached hydrogens (primary N) is 2. The van der Waals surface area contributed by atoms with E-state index in [2.05, 4.69) is 26.3 Å². The van der Waals surface area contributed by atoms with Gasteiger partial charge in [0.2, 0.25) is 17.7 Å². The fraction of sp³-hybridized carbons (Fsp3) is 0.542. The fourth-order valence-electron chi connectivity index (χ4n) is 3.94. The summed E-state index contributed by atoms with van der Waals surface area (Å²) in [5.41, 5.74) is 11.3. The zero-order valence-corrected chi connectivity index (χ0v) is 21.2. The molecule has 0 spiro atoms. The van der Waals surface area contributed by atoms with E-state index in [9.17, 15) is 34.5 Å². The number of guanidine groups is 1. The lowest BCUT2D eigenvalue weighted by molar-refractivity contribution is -0.145. The predicted octanol–water partition coefficient (Wildman–Crippen LogP) is -2.34. The smallest absolute Gasteiger partial charge is 0.328 e. The summed E-state index contributed by atoms with van der Waals surface area (Å²) in [7, 11) is 0. The van der Waals surface area contributed by atoms with Crippen LogP contribution in [0.5, 0.6) is 5.75 Å². The second-order valence-corrected chi connectivity index (χ2v) is 9.16. The van der Waals surface area contributed by atoms with Crippen LogP contribution in [0, 0.1) is 0 Å². The van der Waals surface area contributed by atoms with Crippen molar-refractivity contribution in [1.82, 2.24) is 21.3 Å². The molecule has 38 heavy (non-hydrogen) atoms. The minimum Gasteiger partial charge on any atom is -0.508 e. The van der Waals surface area contributed by atoms with Crippen molar-refractivity contribution in [3.8, 4) is 5.75 Å². The highest BCUT2D eigenvalue weighted by Gasteiger charge is 2.32. The average molecular weight is 536 g/mol. The number of carboxylic acids is 1. The summed E-state index contributed by atoms with van der Waals surface area (Å²) in [6.45, 7) is 2.12. The average Bonchev–Trinajstić information content (AvgIpc) is 3.39. The molecule has 1 saturated heterocycles. The maximum Gasteiger partial charge on any atom is 0.328 e. The zero-order chi connectivity index (χ0) is 28.2. The number of hydrogen-bond donors (Lipinski definition) is 9. The molecule has 1 aliphatic heterocycles. The summed E-state index contributed by atoms with van der Waals surface area (Å²) in [6, 6.07) is 1.57. The first-order valence-electron chi connectivity index (χ1n) is 12.4. The number of phenols is 1. The third-order valence-corrected chi connectivity index (χ3v) is 6.01. The molecule has 3 amide bonds. The molecule has 0 bridgehead atoms. The van der Waals surface area contributed by atoms with E-state index in [1.807, 2.05) is 0 Å². The Balaban J connectivity index is 2.23. The number of amides is 3. The number of rotatable bonds is 14. The van der Waals surface area contributed by atoms with Crippen molar-refractivity contribution in [1.29, 1.82) is 0 Å². The van der Waals surface area contributed by atoms with Crippen molar-refractivity contribution >= 4 is 29.7 Å². The molecule has 0 radical (unpaired) electrons. The number of carboxylic acid groups (broad SMARTS) is 1. The Morgan fingerprint density at radius 3 is 2.29 bits per heavy atom. The van der Waals surface area contributed by atoms with Gasteiger partial charge in [-0.05, 0) is 56.8 Å². The molecule has 1 fully saturated rings. The molecular weight excluding hydrogens is 498 g/mol. The predicted molar refractivity (Wildman–Crippen MR) is 138 cm³/mol. The van der Waals surface area contributed by atoms with Crippen LogP contribution in [-0.2, 0) is 25.6 Å². The monoisotopic (exact) mass is 535 g/mol. The number of carbonyl (C=O) groups excluding carboxylic acids is 3. The highest BCUT2D eigenvalue weighted by atomic mass is 16.4. The number of carbonyl (C=O) groups is 4. The van der Waals surface area contributed by atoms with Crippen LogP contribution >= 0.6 is 0 Å². The molecule has 14 heteroatoms.